The van der Waals surface area contributed by atoms with Gasteiger partial charge < -0.3 is 4.74 Å². The van der Waals surface area contributed by atoms with Gasteiger partial charge in [0.25, 0.3) is 5.91 Å². The van der Waals surface area contributed by atoms with Gasteiger partial charge >= 0.3 is 0 Å². The van der Waals surface area contributed by atoms with Gasteiger partial charge in [-0.3, -0.25) is 10.1 Å². The van der Waals surface area contributed by atoms with E-state index in [0.717, 1.165) is 0 Å². The van der Waals surface area contributed by atoms with Gasteiger partial charge in [-0.25, -0.2) is 9.37 Å². The smallest absolute Gasteiger partial charge is 0.259 e. The minimum absolute atomic E-state index is 0.268. The molecule has 8 nitrogen and oxygen atoms in total. The third kappa shape index (κ3) is 3.93. The van der Waals surface area contributed by atoms with Gasteiger partial charge in [0.05, 0.1) is 24.1 Å². The maximum atomic E-state index is 13.6. The Kier molecular flexibility index (Phi) is 5.19. The normalized spacial score (nSPS) is 10.7. The average Bonchev–Trinajstić information content (AvgIpc) is 3.40. The van der Waals surface area contributed by atoms with Gasteiger partial charge in [0, 0.05) is 16.0 Å². The molecular weight excluding hydrogens is 419 g/mol. The summed E-state index contributed by atoms with van der Waals surface area (Å²) in [7, 11) is 1.49. The van der Waals surface area contributed by atoms with Crippen molar-refractivity contribution < 1.29 is 13.9 Å². The summed E-state index contributed by atoms with van der Waals surface area (Å²) >= 11 is 7.25. The van der Waals surface area contributed by atoms with Crippen molar-refractivity contribution in [1.29, 1.82) is 0 Å². The lowest BCUT2D eigenvalue weighted by atomic mass is 10.1. The summed E-state index contributed by atoms with van der Waals surface area (Å²) < 4.78 is 20.3. The predicted molar refractivity (Wildman–Crippen MR) is 106 cm³/mol. The van der Waals surface area contributed by atoms with Crippen molar-refractivity contribution in [3.63, 3.8) is 0 Å². The van der Waals surface area contributed by atoms with E-state index in [4.69, 9.17) is 16.3 Å². The van der Waals surface area contributed by atoms with Crippen LogP contribution in [0, 0.1) is 5.82 Å². The van der Waals surface area contributed by atoms with Crippen LogP contribution in [0.25, 0.3) is 16.9 Å². The number of ether oxygens (including phenoxy) is 1. The molecule has 11 heteroatoms. The van der Waals surface area contributed by atoms with Gasteiger partial charge in [-0.2, -0.15) is 4.68 Å². The number of tetrazole rings is 1. The van der Waals surface area contributed by atoms with Crippen LogP contribution < -0.4 is 10.1 Å². The maximum absolute atomic E-state index is 13.6. The fourth-order valence-electron chi connectivity index (χ4n) is 2.66. The SMILES string of the molecule is COc1ccc(F)cc1-c1csc(NC(=O)c2cc(Cl)ccc2-n2cnnn2)n1. The molecule has 2 aromatic carbocycles. The second kappa shape index (κ2) is 7.94. The van der Waals surface area contributed by atoms with Crippen molar-refractivity contribution in [2.24, 2.45) is 0 Å². The fraction of sp³-hybridized carbons (Fsp3) is 0.0556. The van der Waals surface area contributed by atoms with Crippen LogP contribution in [-0.2, 0) is 0 Å². The van der Waals surface area contributed by atoms with E-state index in [1.54, 1.807) is 17.5 Å². The number of carbonyl (C=O) groups is 1. The van der Waals surface area contributed by atoms with E-state index in [-0.39, 0.29) is 5.56 Å². The number of amides is 1. The fourth-order valence-corrected chi connectivity index (χ4v) is 3.54. The molecule has 4 rings (SSSR count). The molecule has 0 radical (unpaired) electrons. The zero-order chi connectivity index (χ0) is 20.4. The van der Waals surface area contributed by atoms with Crippen LogP contribution in [0.15, 0.2) is 48.1 Å². The van der Waals surface area contributed by atoms with E-state index in [1.165, 1.54) is 53.7 Å². The number of hydrogen-bond acceptors (Lipinski definition) is 7. The molecule has 2 aromatic heterocycles. The first-order chi connectivity index (χ1) is 14.0. The molecule has 0 spiro atoms. The quantitative estimate of drug-likeness (QED) is 0.517. The summed E-state index contributed by atoms with van der Waals surface area (Å²) in [6, 6.07) is 8.93. The number of hydrogen-bond donors (Lipinski definition) is 1. The van der Waals surface area contributed by atoms with Crippen LogP contribution in [-0.4, -0.2) is 38.2 Å². The predicted octanol–water partition coefficient (Wildman–Crippen LogP) is 3.84. The van der Waals surface area contributed by atoms with Crippen LogP contribution in [0.5, 0.6) is 5.75 Å². The van der Waals surface area contributed by atoms with E-state index in [2.05, 4.69) is 25.8 Å². The highest BCUT2D eigenvalue weighted by Gasteiger charge is 2.17. The zero-order valence-electron chi connectivity index (χ0n) is 14.8. The maximum Gasteiger partial charge on any atom is 0.259 e. The molecule has 0 saturated heterocycles. The molecular formula is C18H12ClFN6O2S. The topological polar surface area (TPSA) is 94.8 Å². The van der Waals surface area contributed by atoms with Gasteiger partial charge in [0.1, 0.15) is 17.9 Å². The van der Waals surface area contributed by atoms with Gasteiger partial charge in [-0.1, -0.05) is 11.6 Å². The van der Waals surface area contributed by atoms with Crippen molar-refractivity contribution in [1.82, 2.24) is 25.2 Å². The molecule has 146 valence electrons. The number of thiazole rings is 1. The number of rotatable bonds is 5. The van der Waals surface area contributed by atoms with Crippen molar-refractivity contribution >= 4 is 34.0 Å². The van der Waals surface area contributed by atoms with E-state index >= 15 is 0 Å². The zero-order valence-corrected chi connectivity index (χ0v) is 16.4. The largest absolute Gasteiger partial charge is 0.496 e. The molecule has 0 saturated carbocycles. The van der Waals surface area contributed by atoms with E-state index in [0.29, 0.717) is 32.8 Å². The number of anilines is 1. The molecule has 0 fully saturated rings. The number of methoxy groups -OCH3 is 1. The minimum atomic E-state index is -0.440. The number of nitrogens with zero attached hydrogens (tertiary/aromatic N) is 5. The second-order valence-electron chi connectivity index (χ2n) is 5.75. The molecule has 2 heterocycles. The monoisotopic (exact) mass is 430 g/mol. The third-order valence-corrected chi connectivity index (χ3v) is 4.95. The van der Waals surface area contributed by atoms with Crippen LogP contribution in [0.3, 0.4) is 0 Å². The lowest BCUT2D eigenvalue weighted by Gasteiger charge is -2.08. The molecule has 0 aliphatic heterocycles. The first kappa shape index (κ1) is 19.0. The highest BCUT2D eigenvalue weighted by Crippen LogP contribution is 2.33. The molecule has 1 amide bonds. The second-order valence-corrected chi connectivity index (χ2v) is 7.05. The summed E-state index contributed by atoms with van der Waals surface area (Å²) in [4.78, 5) is 17.2. The summed E-state index contributed by atoms with van der Waals surface area (Å²) in [5.41, 5.74) is 1.69. The molecule has 1 N–H and O–H groups in total. The number of benzene rings is 2. The van der Waals surface area contributed by atoms with Crippen LogP contribution >= 0.6 is 22.9 Å². The minimum Gasteiger partial charge on any atom is -0.496 e. The number of aromatic nitrogens is 5. The Labute approximate surface area is 172 Å². The van der Waals surface area contributed by atoms with Crippen LogP contribution in [0.1, 0.15) is 10.4 Å². The van der Waals surface area contributed by atoms with Gasteiger partial charge in [-0.15, -0.1) is 16.4 Å². The molecule has 4 aromatic rings. The van der Waals surface area contributed by atoms with E-state index < -0.39 is 11.7 Å². The van der Waals surface area contributed by atoms with Crippen molar-refractivity contribution in [3.8, 4) is 22.7 Å². The Bertz CT molecular complexity index is 1180. The Balaban J connectivity index is 1.63. The Morgan fingerprint density at radius 2 is 2.14 bits per heavy atom. The Morgan fingerprint density at radius 3 is 2.90 bits per heavy atom. The molecule has 29 heavy (non-hydrogen) atoms. The third-order valence-electron chi connectivity index (χ3n) is 3.96. The standard InChI is InChI=1S/C18H12ClFN6O2S/c1-28-16-5-3-11(20)7-12(16)14-8-29-18(22-14)23-17(27)13-6-10(19)2-4-15(13)26-9-21-24-25-26/h2-9H,1H3,(H,22,23,27). The summed E-state index contributed by atoms with van der Waals surface area (Å²) in [5, 5.41) is 16.1. The molecule has 0 bridgehead atoms. The number of carbonyl (C=O) groups excluding carboxylic acids is 1. The summed E-state index contributed by atoms with van der Waals surface area (Å²) in [6.07, 6.45) is 1.37. The first-order valence-corrected chi connectivity index (χ1v) is 9.44. The van der Waals surface area contributed by atoms with Crippen LogP contribution in [0.2, 0.25) is 5.02 Å². The highest BCUT2D eigenvalue weighted by molar-refractivity contribution is 7.14. The van der Waals surface area contributed by atoms with E-state index in [9.17, 15) is 9.18 Å². The van der Waals surface area contributed by atoms with Gasteiger partial charge in [0.2, 0.25) is 0 Å². The first-order valence-electron chi connectivity index (χ1n) is 8.19. The number of nitrogens with one attached hydrogen (secondary N) is 1. The van der Waals surface area contributed by atoms with Crippen LogP contribution in [0.4, 0.5) is 9.52 Å². The van der Waals surface area contributed by atoms with E-state index in [1.807, 2.05) is 0 Å². The summed E-state index contributed by atoms with van der Waals surface area (Å²) in [6.45, 7) is 0. The van der Waals surface area contributed by atoms with Crippen molar-refractivity contribution in [2.45, 2.75) is 0 Å². The Morgan fingerprint density at radius 1 is 1.28 bits per heavy atom. The Hall–Kier alpha value is -3.37. The number of halogens is 2. The van der Waals surface area contributed by atoms with Gasteiger partial charge in [0.15, 0.2) is 5.13 Å². The lowest BCUT2D eigenvalue weighted by molar-refractivity contribution is 0.102. The van der Waals surface area contributed by atoms with Crippen molar-refractivity contribution in [3.05, 3.63) is 64.5 Å². The summed E-state index contributed by atoms with van der Waals surface area (Å²) in [5.74, 6) is -0.375. The molecule has 0 unspecified atom stereocenters. The average molecular weight is 431 g/mol. The van der Waals surface area contributed by atoms with Crippen molar-refractivity contribution in [2.75, 3.05) is 12.4 Å². The highest BCUT2D eigenvalue weighted by atomic mass is 35.5. The molecule has 0 atom stereocenters. The van der Waals surface area contributed by atoms with Gasteiger partial charge in [-0.05, 0) is 46.8 Å². The molecule has 0 aliphatic rings. The lowest BCUT2D eigenvalue weighted by Crippen LogP contribution is -2.15. The molecule has 0 aliphatic carbocycles.